The quantitative estimate of drug-likeness (QED) is 0.380. The number of aliphatic carboxylic acids is 1. The Labute approximate surface area is 188 Å². The second-order valence-electron chi connectivity index (χ2n) is 7.48. The number of hydrogen-bond acceptors (Lipinski definition) is 4. The third-order valence-corrected chi connectivity index (χ3v) is 5.45. The maximum Gasteiger partial charge on any atom is 0.326 e. The van der Waals surface area contributed by atoms with Crippen LogP contribution in [0.5, 0.6) is 0 Å². The van der Waals surface area contributed by atoms with E-state index in [4.69, 9.17) is 0 Å². The number of carbonyl (C=O) groups is 3. The van der Waals surface area contributed by atoms with Gasteiger partial charge in [-0.3, -0.25) is 9.59 Å². The van der Waals surface area contributed by atoms with Crippen molar-refractivity contribution in [1.82, 2.24) is 10.6 Å². The Balaban J connectivity index is 2.10. The Kier molecular flexibility index (Phi) is 10.1. The summed E-state index contributed by atoms with van der Waals surface area (Å²) >= 11 is 4.32. The molecule has 0 saturated carbocycles. The van der Waals surface area contributed by atoms with Gasteiger partial charge in [0.2, 0.25) is 11.8 Å². The van der Waals surface area contributed by atoms with Crippen LogP contribution in [-0.2, 0) is 27.2 Å². The van der Waals surface area contributed by atoms with Crippen molar-refractivity contribution >= 4 is 30.4 Å². The first-order valence-electron chi connectivity index (χ1n) is 10.5. The highest BCUT2D eigenvalue weighted by molar-refractivity contribution is 7.81. The first kappa shape index (κ1) is 24.5. The standard InChI is InChI=1S/C24H30N2O4S/c1-2-9-21(31)23(28)25-19(15-14-17-10-5-3-6-11-17)22(27)26-20(24(29)30)16-18-12-7-4-8-13-18/h3-8,10-13,19-21,31H,2,9,14-16H2,1H3,(H,25,28)(H,26,27)(H,29,30). The van der Waals surface area contributed by atoms with Gasteiger partial charge in [0.25, 0.3) is 0 Å². The van der Waals surface area contributed by atoms with Crippen LogP contribution in [0.2, 0.25) is 0 Å². The Morgan fingerprint density at radius 1 is 0.839 bits per heavy atom. The predicted octanol–water partition coefficient (Wildman–Crippen LogP) is 3.01. The van der Waals surface area contributed by atoms with Crippen LogP contribution < -0.4 is 10.6 Å². The van der Waals surface area contributed by atoms with Crippen LogP contribution >= 0.6 is 12.6 Å². The van der Waals surface area contributed by atoms with Crippen LogP contribution in [0.25, 0.3) is 0 Å². The summed E-state index contributed by atoms with van der Waals surface area (Å²) in [6, 6.07) is 16.8. The molecule has 0 spiro atoms. The highest BCUT2D eigenvalue weighted by atomic mass is 32.1. The van der Waals surface area contributed by atoms with E-state index in [9.17, 15) is 19.5 Å². The molecule has 0 aliphatic carbocycles. The lowest BCUT2D eigenvalue weighted by molar-refractivity contribution is -0.142. The van der Waals surface area contributed by atoms with Crippen LogP contribution in [-0.4, -0.2) is 40.2 Å². The van der Waals surface area contributed by atoms with E-state index in [1.54, 1.807) is 0 Å². The first-order chi connectivity index (χ1) is 14.9. The molecule has 2 amide bonds. The largest absolute Gasteiger partial charge is 0.480 e. The lowest BCUT2D eigenvalue weighted by atomic mass is 10.0. The van der Waals surface area contributed by atoms with Gasteiger partial charge in [-0.15, -0.1) is 0 Å². The van der Waals surface area contributed by atoms with E-state index in [2.05, 4.69) is 23.3 Å². The maximum absolute atomic E-state index is 13.0. The number of rotatable bonds is 12. The molecule has 2 aromatic carbocycles. The third kappa shape index (κ3) is 8.45. The minimum Gasteiger partial charge on any atom is -0.480 e. The molecule has 2 aromatic rings. The molecule has 0 aliphatic heterocycles. The van der Waals surface area contributed by atoms with Gasteiger partial charge in [0.15, 0.2) is 0 Å². The summed E-state index contributed by atoms with van der Waals surface area (Å²) in [5.41, 5.74) is 1.84. The van der Waals surface area contributed by atoms with Crippen LogP contribution in [0.15, 0.2) is 60.7 Å². The van der Waals surface area contributed by atoms with Gasteiger partial charge < -0.3 is 15.7 Å². The molecule has 0 bridgehead atoms. The number of nitrogens with one attached hydrogen (secondary N) is 2. The molecule has 31 heavy (non-hydrogen) atoms. The topological polar surface area (TPSA) is 95.5 Å². The van der Waals surface area contributed by atoms with Crippen molar-refractivity contribution < 1.29 is 19.5 Å². The van der Waals surface area contributed by atoms with Gasteiger partial charge in [0, 0.05) is 6.42 Å². The molecule has 0 radical (unpaired) electrons. The number of aryl methyl sites for hydroxylation is 1. The zero-order valence-electron chi connectivity index (χ0n) is 17.7. The minimum atomic E-state index is -1.12. The lowest BCUT2D eigenvalue weighted by Crippen LogP contribution is -2.53. The normalized spacial score (nSPS) is 13.6. The number of hydrogen-bond donors (Lipinski definition) is 4. The van der Waals surface area contributed by atoms with Crippen LogP contribution in [0.1, 0.15) is 37.3 Å². The van der Waals surface area contributed by atoms with Crippen LogP contribution in [0, 0.1) is 0 Å². The van der Waals surface area contributed by atoms with E-state index in [1.807, 2.05) is 67.6 Å². The molecule has 0 saturated heterocycles. The number of amides is 2. The van der Waals surface area contributed by atoms with Gasteiger partial charge in [-0.25, -0.2) is 4.79 Å². The molecular weight excluding hydrogens is 412 g/mol. The van der Waals surface area contributed by atoms with Gasteiger partial charge in [-0.2, -0.15) is 12.6 Å². The number of carbonyl (C=O) groups excluding carboxylic acids is 2. The Morgan fingerprint density at radius 2 is 1.39 bits per heavy atom. The van der Waals surface area contributed by atoms with Crippen molar-refractivity contribution in [3.63, 3.8) is 0 Å². The zero-order valence-corrected chi connectivity index (χ0v) is 18.6. The second-order valence-corrected chi connectivity index (χ2v) is 8.10. The number of thiol groups is 1. The molecule has 3 atom stereocenters. The van der Waals surface area contributed by atoms with Crippen molar-refractivity contribution in [3.05, 3.63) is 71.8 Å². The van der Waals surface area contributed by atoms with Crippen molar-refractivity contribution in [2.75, 3.05) is 0 Å². The van der Waals surface area contributed by atoms with Crippen molar-refractivity contribution in [1.29, 1.82) is 0 Å². The SMILES string of the molecule is CCCC(S)C(=O)NC(CCc1ccccc1)C(=O)NC(Cc1ccccc1)C(=O)O. The second kappa shape index (κ2) is 12.8. The Hall–Kier alpha value is -2.80. The monoisotopic (exact) mass is 442 g/mol. The lowest BCUT2D eigenvalue weighted by Gasteiger charge is -2.23. The summed E-state index contributed by atoms with van der Waals surface area (Å²) in [7, 11) is 0. The summed E-state index contributed by atoms with van der Waals surface area (Å²) in [6.45, 7) is 1.96. The first-order valence-corrected chi connectivity index (χ1v) is 11.0. The van der Waals surface area contributed by atoms with E-state index in [0.29, 0.717) is 19.3 Å². The van der Waals surface area contributed by atoms with Crippen LogP contribution in [0.3, 0.4) is 0 Å². The van der Waals surface area contributed by atoms with E-state index >= 15 is 0 Å². The third-order valence-electron chi connectivity index (χ3n) is 4.96. The molecule has 0 fully saturated rings. The van der Waals surface area contributed by atoms with E-state index in [1.165, 1.54) is 0 Å². The summed E-state index contributed by atoms with van der Waals surface area (Å²) < 4.78 is 0. The molecule has 2 rings (SSSR count). The average Bonchev–Trinajstić information content (AvgIpc) is 2.77. The maximum atomic E-state index is 13.0. The fourth-order valence-corrected chi connectivity index (χ4v) is 3.55. The molecule has 7 heteroatoms. The molecule has 6 nitrogen and oxygen atoms in total. The van der Waals surface area contributed by atoms with Gasteiger partial charge in [0.1, 0.15) is 12.1 Å². The fourth-order valence-electron chi connectivity index (χ4n) is 3.22. The summed E-state index contributed by atoms with van der Waals surface area (Å²) in [5, 5.41) is 14.4. The number of carboxylic acid groups (broad SMARTS) is 1. The zero-order chi connectivity index (χ0) is 22.6. The van der Waals surface area contributed by atoms with E-state index in [-0.39, 0.29) is 12.3 Å². The highest BCUT2D eigenvalue weighted by Gasteiger charge is 2.28. The molecule has 0 aliphatic rings. The molecule has 0 aromatic heterocycles. The van der Waals surface area contributed by atoms with Crippen molar-refractivity contribution in [2.45, 2.75) is 56.4 Å². The van der Waals surface area contributed by atoms with Gasteiger partial charge in [-0.1, -0.05) is 74.0 Å². The Bertz CT molecular complexity index is 845. The Morgan fingerprint density at radius 3 is 1.94 bits per heavy atom. The van der Waals surface area contributed by atoms with E-state index in [0.717, 1.165) is 17.5 Å². The van der Waals surface area contributed by atoms with Crippen molar-refractivity contribution in [2.24, 2.45) is 0 Å². The average molecular weight is 443 g/mol. The predicted molar refractivity (Wildman–Crippen MR) is 124 cm³/mol. The van der Waals surface area contributed by atoms with E-state index < -0.39 is 29.2 Å². The number of benzene rings is 2. The fraction of sp³-hybridized carbons (Fsp3) is 0.375. The highest BCUT2D eigenvalue weighted by Crippen LogP contribution is 2.10. The van der Waals surface area contributed by atoms with Crippen LogP contribution in [0.4, 0.5) is 0 Å². The summed E-state index contributed by atoms with van der Waals surface area (Å²) in [5.74, 6) is -1.96. The molecule has 3 N–H and O–H groups in total. The summed E-state index contributed by atoms with van der Waals surface area (Å²) in [4.78, 5) is 37.2. The molecule has 166 valence electrons. The molecule has 0 heterocycles. The van der Waals surface area contributed by atoms with Gasteiger partial charge in [0.05, 0.1) is 5.25 Å². The molecular formula is C24H30N2O4S. The summed E-state index contributed by atoms with van der Waals surface area (Å²) in [6.07, 6.45) is 2.47. The van der Waals surface area contributed by atoms with Gasteiger partial charge in [-0.05, 0) is 30.4 Å². The van der Waals surface area contributed by atoms with Gasteiger partial charge >= 0.3 is 5.97 Å². The van der Waals surface area contributed by atoms with Crippen molar-refractivity contribution in [3.8, 4) is 0 Å². The minimum absolute atomic E-state index is 0.159. The molecule has 3 unspecified atom stereocenters. The number of carboxylic acids is 1. The smallest absolute Gasteiger partial charge is 0.326 e.